The van der Waals surface area contributed by atoms with Crippen molar-refractivity contribution in [3.8, 4) is 11.5 Å². The zero-order chi connectivity index (χ0) is 15.1. The van der Waals surface area contributed by atoms with Crippen molar-refractivity contribution in [3.05, 3.63) is 66.7 Å². The number of methoxy groups -OCH3 is 1. The van der Waals surface area contributed by atoms with Gasteiger partial charge in [-0.1, -0.05) is 24.8 Å². The summed E-state index contributed by atoms with van der Waals surface area (Å²) >= 11 is 0. The van der Waals surface area contributed by atoms with E-state index in [0.29, 0.717) is 29.4 Å². The van der Waals surface area contributed by atoms with Crippen molar-refractivity contribution in [2.24, 2.45) is 0 Å². The highest BCUT2D eigenvalue weighted by Crippen LogP contribution is 2.19. The Hall–Kier alpha value is -2.75. The lowest BCUT2D eigenvalue weighted by molar-refractivity contribution is 0.102. The monoisotopic (exact) mass is 283 g/mol. The maximum absolute atomic E-state index is 12.2. The standard InChI is InChI=1S/C17H17NO3/c1-3-10-21-16-9-5-7-14(12-16)18-17(19)13-6-4-8-15(11-13)20-2/h3-9,11-12H,1,10H2,2H3,(H,18,19). The van der Waals surface area contributed by atoms with E-state index in [-0.39, 0.29) is 5.91 Å². The third-order valence-electron chi connectivity index (χ3n) is 2.79. The van der Waals surface area contributed by atoms with E-state index in [1.54, 1.807) is 49.6 Å². The van der Waals surface area contributed by atoms with E-state index in [0.717, 1.165) is 0 Å². The maximum atomic E-state index is 12.2. The van der Waals surface area contributed by atoms with Crippen LogP contribution in [0, 0.1) is 0 Å². The molecule has 21 heavy (non-hydrogen) atoms. The molecule has 2 aromatic carbocycles. The number of amides is 1. The average Bonchev–Trinajstić information content (AvgIpc) is 2.53. The highest BCUT2D eigenvalue weighted by Gasteiger charge is 2.07. The molecule has 108 valence electrons. The second-order valence-electron chi connectivity index (χ2n) is 4.31. The zero-order valence-electron chi connectivity index (χ0n) is 11.8. The third kappa shape index (κ3) is 4.11. The minimum Gasteiger partial charge on any atom is -0.497 e. The van der Waals surface area contributed by atoms with E-state index < -0.39 is 0 Å². The Balaban J connectivity index is 2.09. The molecule has 0 atom stereocenters. The molecular weight excluding hydrogens is 266 g/mol. The molecule has 0 spiro atoms. The lowest BCUT2D eigenvalue weighted by Gasteiger charge is -2.09. The maximum Gasteiger partial charge on any atom is 0.255 e. The Morgan fingerprint density at radius 3 is 2.71 bits per heavy atom. The van der Waals surface area contributed by atoms with Crippen LogP contribution >= 0.6 is 0 Å². The molecule has 2 aromatic rings. The second-order valence-corrected chi connectivity index (χ2v) is 4.31. The molecule has 0 aromatic heterocycles. The highest BCUT2D eigenvalue weighted by atomic mass is 16.5. The quantitative estimate of drug-likeness (QED) is 0.825. The van der Waals surface area contributed by atoms with Gasteiger partial charge >= 0.3 is 0 Å². The minimum absolute atomic E-state index is 0.199. The largest absolute Gasteiger partial charge is 0.497 e. The molecule has 4 heteroatoms. The van der Waals surface area contributed by atoms with E-state index in [1.165, 1.54) is 0 Å². The van der Waals surface area contributed by atoms with Gasteiger partial charge in [-0.3, -0.25) is 4.79 Å². The molecule has 2 rings (SSSR count). The molecule has 0 heterocycles. The van der Waals surface area contributed by atoms with Crippen LogP contribution in [-0.4, -0.2) is 19.6 Å². The Kier molecular flexibility index (Phi) is 4.99. The van der Waals surface area contributed by atoms with E-state index in [4.69, 9.17) is 9.47 Å². The summed E-state index contributed by atoms with van der Waals surface area (Å²) in [6.07, 6.45) is 1.67. The molecule has 0 unspecified atom stereocenters. The van der Waals surface area contributed by atoms with Gasteiger partial charge in [0.2, 0.25) is 0 Å². The zero-order valence-corrected chi connectivity index (χ0v) is 11.8. The molecule has 0 fully saturated rings. The third-order valence-corrected chi connectivity index (χ3v) is 2.79. The van der Waals surface area contributed by atoms with Crippen molar-refractivity contribution in [2.75, 3.05) is 19.0 Å². The molecule has 1 N–H and O–H groups in total. The van der Waals surface area contributed by atoms with Gasteiger partial charge in [-0.2, -0.15) is 0 Å². The van der Waals surface area contributed by atoms with Gasteiger partial charge < -0.3 is 14.8 Å². The van der Waals surface area contributed by atoms with Crippen LogP contribution in [0.15, 0.2) is 61.2 Å². The molecule has 1 amide bonds. The fraction of sp³-hybridized carbons (Fsp3) is 0.118. The van der Waals surface area contributed by atoms with Crippen molar-refractivity contribution in [1.29, 1.82) is 0 Å². The summed E-state index contributed by atoms with van der Waals surface area (Å²) in [6.45, 7) is 4.02. The van der Waals surface area contributed by atoms with Crippen LogP contribution in [0.25, 0.3) is 0 Å². The molecule has 0 aliphatic heterocycles. The van der Waals surface area contributed by atoms with E-state index in [9.17, 15) is 4.79 Å². The lowest BCUT2D eigenvalue weighted by Crippen LogP contribution is -2.12. The fourth-order valence-corrected chi connectivity index (χ4v) is 1.79. The van der Waals surface area contributed by atoms with Gasteiger partial charge in [0.25, 0.3) is 5.91 Å². The average molecular weight is 283 g/mol. The first-order chi connectivity index (χ1) is 10.2. The van der Waals surface area contributed by atoms with Crippen molar-refractivity contribution in [2.45, 2.75) is 0 Å². The molecule has 0 saturated heterocycles. The van der Waals surface area contributed by atoms with Gasteiger partial charge in [-0.05, 0) is 30.3 Å². The van der Waals surface area contributed by atoms with Crippen LogP contribution in [0.4, 0.5) is 5.69 Å². The number of rotatable bonds is 6. The predicted octanol–water partition coefficient (Wildman–Crippen LogP) is 3.51. The van der Waals surface area contributed by atoms with Crippen LogP contribution in [0.5, 0.6) is 11.5 Å². The van der Waals surface area contributed by atoms with Crippen LogP contribution in [0.1, 0.15) is 10.4 Å². The van der Waals surface area contributed by atoms with Crippen molar-refractivity contribution in [1.82, 2.24) is 0 Å². The smallest absolute Gasteiger partial charge is 0.255 e. The molecular formula is C17H17NO3. The number of hydrogen-bond donors (Lipinski definition) is 1. The summed E-state index contributed by atoms with van der Waals surface area (Å²) in [7, 11) is 1.57. The van der Waals surface area contributed by atoms with Crippen molar-refractivity contribution < 1.29 is 14.3 Å². The number of carbonyl (C=O) groups is 1. The molecule has 0 aliphatic rings. The Bertz CT molecular complexity index is 637. The van der Waals surface area contributed by atoms with Gasteiger partial charge in [-0.15, -0.1) is 0 Å². The lowest BCUT2D eigenvalue weighted by atomic mass is 10.2. The van der Waals surface area contributed by atoms with Crippen molar-refractivity contribution >= 4 is 11.6 Å². The van der Waals surface area contributed by atoms with Gasteiger partial charge in [0, 0.05) is 17.3 Å². The first-order valence-corrected chi connectivity index (χ1v) is 6.52. The Morgan fingerprint density at radius 2 is 1.95 bits per heavy atom. The molecule has 4 nitrogen and oxygen atoms in total. The van der Waals surface area contributed by atoms with Gasteiger partial charge in [-0.25, -0.2) is 0 Å². The molecule has 0 saturated carbocycles. The van der Waals surface area contributed by atoms with E-state index in [1.807, 2.05) is 12.1 Å². The Morgan fingerprint density at radius 1 is 1.19 bits per heavy atom. The first kappa shape index (κ1) is 14.7. The SMILES string of the molecule is C=CCOc1cccc(NC(=O)c2cccc(OC)c2)c1. The molecule has 0 bridgehead atoms. The highest BCUT2D eigenvalue weighted by molar-refractivity contribution is 6.04. The van der Waals surface area contributed by atoms with E-state index in [2.05, 4.69) is 11.9 Å². The summed E-state index contributed by atoms with van der Waals surface area (Å²) < 4.78 is 10.5. The molecule has 0 aliphatic carbocycles. The summed E-state index contributed by atoms with van der Waals surface area (Å²) in [5.41, 5.74) is 1.20. The summed E-state index contributed by atoms with van der Waals surface area (Å²) in [5.74, 6) is 1.12. The Labute approximate surface area is 124 Å². The predicted molar refractivity (Wildman–Crippen MR) is 83.1 cm³/mol. The van der Waals surface area contributed by atoms with Crippen LogP contribution in [-0.2, 0) is 0 Å². The van der Waals surface area contributed by atoms with Crippen LogP contribution < -0.4 is 14.8 Å². The summed E-state index contributed by atoms with van der Waals surface area (Å²) in [4.78, 5) is 12.2. The number of ether oxygens (including phenoxy) is 2. The number of benzene rings is 2. The summed E-state index contributed by atoms with van der Waals surface area (Å²) in [5, 5.41) is 2.83. The van der Waals surface area contributed by atoms with Crippen LogP contribution in [0.2, 0.25) is 0 Å². The van der Waals surface area contributed by atoms with E-state index >= 15 is 0 Å². The van der Waals surface area contributed by atoms with Crippen LogP contribution in [0.3, 0.4) is 0 Å². The number of carbonyl (C=O) groups excluding carboxylic acids is 1. The van der Waals surface area contributed by atoms with Gasteiger partial charge in [0.15, 0.2) is 0 Å². The normalized spacial score (nSPS) is 9.76. The number of anilines is 1. The van der Waals surface area contributed by atoms with Gasteiger partial charge in [0.05, 0.1) is 7.11 Å². The van der Waals surface area contributed by atoms with Crippen molar-refractivity contribution in [3.63, 3.8) is 0 Å². The summed E-state index contributed by atoms with van der Waals surface area (Å²) in [6, 6.07) is 14.2. The molecule has 0 radical (unpaired) electrons. The number of hydrogen-bond acceptors (Lipinski definition) is 3. The topological polar surface area (TPSA) is 47.6 Å². The first-order valence-electron chi connectivity index (χ1n) is 6.52. The second kappa shape index (κ2) is 7.14. The van der Waals surface area contributed by atoms with Gasteiger partial charge in [0.1, 0.15) is 18.1 Å². The fourth-order valence-electron chi connectivity index (χ4n) is 1.79. The minimum atomic E-state index is -0.199. The number of nitrogens with one attached hydrogen (secondary N) is 1.